The number of nitrogens with zero attached hydrogens (tertiary/aromatic N) is 2. The van der Waals surface area contributed by atoms with Crippen molar-refractivity contribution in [2.45, 2.75) is 159 Å². The molecule has 0 aromatic heterocycles. The van der Waals surface area contributed by atoms with Crippen molar-refractivity contribution < 1.29 is 97.1 Å². The van der Waals surface area contributed by atoms with Gasteiger partial charge in [0.2, 0.25) is 88.6 Å². The molecule has 2 aromatic carbocycles. The predicted molar refractivity (Wildman–Crippen MR) is 386 cm³/mol. The monoisotopic (exact) mass is 1530 g/mol. The van der Waals surface area contributed by atoms with Crippen molar-refractivity contribution in [3.63, 3.8) is 0 Å². The number of guanidine groups is 2. The summed E-state index contributed by atoms with van der Waals surface area (Å²) in [7, 11) is 0. The fourth-order valence-electron chi connectivity index (χ4n) is 9.40. The molecule has 2 rings (SSSR count). The SMILES string of the molecule is CC(C)C[C@H](N)C(=O)N[C@@H](Cc1ccc(O)cc1)C(=O)N[C@@H](CCCN=C(N)N)C(=O)N[C@@H](C)C(=O)NCC(=O)N[C@@H](C)C(=O)NCC(=O)NCC(=O)NCC(=O)N[C@@H](CS)C(=O)N[C@@H](CCCN=C(N)N)C(=O)N[C@@H](C)C(=O)N[C@@H](CCC(=O)O)C(=O)N[C@@H](Cc1ccc(O)cc1)C(=O)N[C@@H](CO)C(N)=O. The number of carboxylic acids is 1. The first-order chi connectivity index (χ1) is 50.3. The van der Waals surface area contributed by atoms with Gasteiger partial charge in [0.25, 0.3) is 0 Å². The van der Waals surface area contributed by atoms with E-state index in [1.165, 1.54) is 69.3 Å². The number of primary amides is 1. The molecule has 0 bridgehead atoms. The van der Waals surface area contributed by atoms with E-state index in [1.807, 2.05) is 13.8 Å². The molecule has 0 saturated heterocycles. The lowest BCUT2D eigenvalue weighted by atomic mass is 10.0. The van der Waals surface area contributed by atoms with Gasteiger partial charge in [0.15, 0.2) is 11.9 Å². The van der Waals surface area contributed by atoms with Crippen molar-refractivity contribution in [2.75, 3.05) is 51.6 Å². The van der Waals surface area contributed by atoms with Gasteiger partial charge in [-0.3, -0.25) is 86.7 Å². The van der Waals surface area contributed by atoms with Gasteiger partial charge in [-0.15, -0.1) is 0 Å². The lowest BCUT2D eigenvalue weighted by Gasteiger charge is -2.26. The molecule has 0 radical (unpaired) electrons. The maximum atomic E-state index is 13.9. The van der Waals surface area contributed by atoms with Gasteiger partial charge in [0.1, 0.15) is 71.9 Å². The quantitative estimate of drug-likeness (QED) is 0.0127. The van der Waals surface area contributed by atoms with Crippen molar-refractivity contribution in [1.29, 1.82) is 0 Å². The zero-order chi connectivity index (χ0) is 80.6. The third kappa shape index (κ3) is 37.1. The maximum absolute atomic E-state index is 13.9. The number of thiol groups is 1. The van der Waals surface area contributed by atoms with E-state index in [1.54, 1.807) is 0 Å². The van der Waals surface area contributed by atoms with Crippen molar-refractivity contribution in [2.24, 2.45) is 50.3 Å². The number of rotatable bonds is 48. The number of benzene rings is 2. The standard InChI is InChI=1S/C64H100N22O20S/c1-31(2)22-39(65)56(100)84-43(23-35-10-14-37(88)15-11-35)60(104)82-40(8-6-20-71-63(67)68)57(101)78-33(4)54(98)76-28-49(92)77-32(3)53(97)75-26-48(91)73-25-47(90)74-27-50(93)80-46(30-107)62(106)83-41(9-7-21-72-64(69)70)58(102)79-34(5)55(99)81-42(18-19-51(94)95)59(103)85-44(24-36-12-16-38(89)17-13-36)61(105)86-45(29-87)52(66)96/h10-17,31-34,39-46,87-89,107H,6-9,18-30,65H2,1-5H3,(H2,66,96)(H,73,91)(H,74,90)(H,75,97)(H,76,98)(H,77,92)(H,78,101)(H,79,102)(H,80,93)(H,81,99)(H,82,104)(H,83,106)(H,84,100)(H,85,103)(H,86,105)(H,94,95)(H4,67,68,71)(H4,69,70,72)/t32-,33-,34-,39-,40-,41-,42-,43-,44-,45-,46-/m0/s1. The van der Waals surface area contributed by atoms with Gasteiger partial charge in [0, 0.05) is 38.1 Å². The molecule has 15 amide bonds. The minimum absolute atomic E-state index is 0.0415. The van der Waals surface area contributed by atoms with Crippen LogP contribution in [-0.2, 0) is 89.6 Å². The summed E-state index contributed by atoms with van der Waals surface area (Å²) in [6, 6.07) is -4.28. The molecule has 11 atom stereocenters. The molecule has 30 N–H and O–H groups in total. The van der Waals surface area contributed by atoms with Gasteiger partial charge in [0.05, 0.1) is 38.8 Å². The van der Waals surface area contributed by atoms with Gasteiger partial charge in [-0.05, 0) is 101 Å². The van der Waals surface area contributed by atoms with Gasteiger partial charge >= 0.3 is 5.97 Å². The summed E-state index contributed by atoms with van der Waals surface area (Å²) in [6.07, 6.45) is -1.37. The Kier molecular flexibility index (Phi) is 40.7. The van der Waals surface area contributed by atoms with Crippen molar-refractivity contribution in [3.05, 3.63) is 59.7 Å². The van der Waals surface area contributed by atoms with Gasteiger partial charge < -0.3 is 129 Å². The number of nitrogens with one attached hydrogen (secondary N) is 14. The number of nitrogens with two attached hydrogens (primary N) is 6. The van der Waals surface area contributed by atoms with E-state index in [2.05, 4.69) is 97.0 Å². The van der Waals surface area contributed by atoms with Crippen LogP contribution in [0.4, 0.5) is 0 Å². The molecule has 0 aliphatic heterocycles. The Morgan fingerprint density at radius 3 is 1.18 bits per heavy atom. The number of aliphatic hydroxyl groups is 1. The van der Waals surface area contributed by atoms with E-state index in [0.717, 1.165) is 0 Å². The van der Waals surface area contributed by atoms with Crippen LogP contribution in [0.25, 0.3) is 0 Å². The topological polar surface area (TPSA) is 703 Å². The zero-order valence-corrected chi connectivity index (χ0v) is 60.6. The Morgan fingerprint density at radius 1 is 0.411 bits per heavy atom. The summed E-state index contributed by atoms with van der Waals surface area (Å²) < 4.78 is 0. The fourth-order valence-corrected chi connectivity index (χ4v) is 9.66. The molecule has 107 heavy (non-hydrogen) atoms. The molecule has 43 heteroatoms. The predicted octanol–water partition coefficient (Wildman–Crippen LogP) is -9.99. The van der Waals surface area contributed by atoms with Crippen molar-refractivity contribution >= 4 is 119 Å². The van der Waals surface area contributed by atoms with Crippen LogP contribution >= 0.6 is 12.6 Å². The molecule has 0 saturated carbocycles. The highest BCUT2D eigenvalue weighted by Gasteiger charge is 2.35. The second kappa shape index (κ2) is 47.7. The average molecular weight is 1530 g/mol. The number of amides is 15. The number of phenolic OH excluding ortho intramolecular Hbond substituents is 2. The largest absolute Gasteiger partial charge is 0.508 e. The van der Waals surface area contributed by atoms with E-state index in [0.29, 0.717) is 17.5 Å². The normalized spacial score (nSPS) is 13.9. The number of carboxylic acid groups (broad SMARTS) is 1. The number of aromatic hydroxyl groups is 2. The van der Waals surface area contributed by atoms with Crippen molar-refractivity contribution in [1.82, 2.24) is 74.4 Å². The van der Waals surface area contributed by atoms with Crippen LogP contribution in [0.3, 0.4) is 0 Å². The maximum Gasteiger partial charge on any atom is 0.303 e. The van der Waals surface area contributed by atoms with Crippen LogP contribution in [0.2, 0.25) is 0 Å². The van der Waals surface area contributed by atoms with Crippen molar-refractivity contribution in [3.8, 4) is 11.5 Å². The molecule has 2 aromatic rings. The Hall–Kier alpha value is -11.6. The second-order valence-corrected chi connectivity index (χ2v) is 25.2. The number of phenols is 2. The first kappa shape index (κ1) is 91.5. The van der Waals surface area contributed by atoms with E-state index >= 15 is 0 Å². The minimum Gasteiger partial charge on any atom is -0.508 e. The first-order valence-electron chi connectivity index (χ1n) is 33.6. The molecular formula is C64H100N22O20S. The highest BCUT2D eigenvalue weighted by molar-refractivity contribution is 7.80. The van der Waals surface area contributed by atoms with E-state index in [9.17, 15) is 97.1 Å². The minimum atomic E-state index is -1.69. The Labute approximate surface area is 620 Å². The molecule has 42 nitrogen and oxygen atoms in total. The number of carbonyl (C=O) groups excluding carboxylic acids is 15. The third-order valence-electron chi connectivity index (χ3n) is 15.2. The van der Waals surface area contributed by atoms with Crippen LogP contribution in [0.5, 0.6) is 11.5 Å². The Balaban J connectivity index is 2.00. The summed E-state index contributed by atoms with van der Waals surface area (Å²) in [5.74, 6) is -16.4. The Morgan fingerprint density at radius 2 is 0.757 bits per heavy atom. The molecule has 0 spiro atoms. The third-order valence-corrected chi connectivity index (χ3v) is 15.6. The summed E-state index contributed by atoms with van der Waals surface area (Å²) >= 11 is 4.13. The summed E-state index contributed by atoms with van der Waals surface area (Å²) in [5.41, 5.74) is 34.0. The first-order valence-corrected chi connectivity index (χ1v) is 34.2. The molecule has 0 fully saturated rings. The van der Waals surface area contributed by atoms with Crippen LogP contribution in [0.1, 0.15) is 90.7 Å². The number of aliphatic imine (C=N–C) groups is 2. The highest BCUT2D eigenvalue weighted by atomic mass is 32.1. The lowest BCUT2D eigenvalue weighted by Crippen LogP contribution is -2.60. The Bertz CT molecular complexity index is 3470. The molecule has 592 valence electrons. The summed E-state index contributed by atoms with van der Waals surface area (Å²) in [5, 5.41) is 71.6. The average Bonchev–Trinajstić information content (AvgIpc) is 0.860. The molecule has 0 unspecified atom stereocenters. The number of hydrogen-bond acceptors (Lipinski definition) is 23. The highest BCUT2D eigenvalue weighted by Crippen LogP contribution is 2.15. The molecule has 0 heterocycles. The van der Waals surface area contributed by atoms with Crippen LogP contribution in [-0.4, -0.2) is 245 Å². The van der Waals surface area contributed by atoms with Crippen LogP contribution < -0.4 is 109 Å². The molecule has 0 aliphatic rings. The molecular weight excluding hydrogens is 1430 g/mol. The second-order valence-electron chi connectivity index (χ2n) is 24.8. The van der Waals surface area contributed by atoms with Gasteiger partial charge in [-0.1, -0.05) is 38.1 Å². The van der Waals surface area contributed by atoms with E-state index < -0.39 is 207 Å². The fraction of sp³-hybridized carbons (Fsp3) is 0.531. The number of hydrogen-bond donors (Lipinski definition) is 25. The van der Waals surface area contributed by atoms with Gasteiger partial charge in [-0.2, -0.15) is 12.6 Å². The summed E-state index contributed by atoms with van der Waals surface area (Å²) in [6.45, 7) is 3.58. The summed E-state index contributed by atoms with van der Waals surface area (Å²) in [4.78, 5) is 217. The van der Waals surface area contributed by atoms with E-state index in [-0.39, 0.29) is 86.7 Å². The lowest BCUT2D eigenvalue weighted by molar-refractivity contribution is -0.138. The van der Waals surface area contributed by atoms with Crippen LogP contribution in [0.15, 0.2) is 58.5 Å². The van der Waals surface area contributed by atoms with Crippen LogP contribution in [0, 0.1) is 5.92 Å². The smallest absolute Gasteiger partial charge is 0.303 e. The van der Waals surface area contributed by atoms with E-state index in [4.69, 9.17) is 34.4 Å². The number of carbonyl (C=O) groups is 16. The molecule has 0 aliphatic carbocycles. The zero-order valence-electron chi connectivity index (χ0n) is 59.7. The number of aliphatic hydroxyl groups excluding tert-OH is 1. The number of aliphatic carboxylic acids is 1. The van der Waals surface area contributed by atoms with Gasteiger partial charge in [-0.25, -0.2) is 0 Å².